The summed E-state index contributed by atoms with van der Waals surface area (Å²) in [6.45, 7) is -0.658. The molecule has 14 nitrogen and oxygen atoms in total. The molecule has 2 aliphatic rings. The zero-order chi connectivity index (χ0) is 30.6. The molecule has 0 bridgehead atoms. The lowest BCUT2D eigenvalue weighted by atomic mass is 10.0. The first-order chi connectivity index (χ1) is 19.2. The van der Waals surface area contributed by atoms with Crippen molar-refractivity contribution in [2.45, 2.75) is 21.1 Å². The number of aromatic hydroxyl groups is 1. The van der Waals surface area contributed by atoms with E-state index in [4.69, 9.17) is 62.9 Å². The average Bonchev–Trinajstić information content (AvgIpc) is 2.92. The molecule has 1 aromatic carbocycles. The van der Waals surface area contributed by atoms with Crippen molar-refractivity contribution in [3.63, 3.8) is 0 Å². The van der Waals surface area contributed by atoms with Crippen molar-refractivity contribution in [1.29, 1.82) is 0 Å². The molecule has 1 saturated heterocycles. The van der Waals surface area contributed by atoms with E-state index in [0.717, 1.165) is 22.7 Å². The predicted molar refractivity (Wildman–Crippen MR) is 145 cm³/mol. The van der Waals surface area contributed by atoms with Crippen LogP contribution in [-0.2, 0) is 33.5 Å². The molecule has 0 aliphatic carbocycles. The summed E-state index contributed by atoms with van der Waals surface area (Å²) in [4.78, 5) is 75.5. The van der Waals surface area contributed by atoms with Gasteiger partial charge in [0.05, 0.1) is 0 Å². The number of carbonyl (C=O) groups is 6. The maximum absolute atomic E-state index is 13.1. The molecule has 41 heavy (non-hydrogen) atoms. The number of phenolic OH excluding ortho intramolecular Hbond substituents is 1. The number of alkyl halides is 4. The minimum Gasteiger partial charge on any atom is -0.508 e. The Bertz CT molecular complexity index is 1360. The summed E-state index contributed by atoms with van der Waals surface area (Å²) >= 11 is 28.1. The van der Waals surface area contributed by atoms with E-state index < -0.39 is 74.9 Å². The van der Waals surface area contributed by atoms with Gasteiger partial charge in [-0.15, -0.1) is 11.8 Å². The minimum absolute atomic E-state index is 0.00684. The number of hydrogen-bond donors (Lipinski definition) is 3. The number of carboxylic acid groups (broad SMARTS) is 1. The number of benzene rings is 1. The van der Waals surface area contributed by atoms with Crippen LogP contribution in [0.5, 0.6) is 5.75 Å². The molecule has 1 unspecified atom stereocenters. The fourth-order valence-corrected chi connectivity index (χ4v) is 5.24. The highest BCUT2D eigenvalue weighted by Gasteiger charge is 2.54. The number of thioether (sulfide) groups is 1. The van der Waals surface area contributed by atoms with E-state index in [0.29, 0.717) is 0 Å². The highest BCUT2D eigenvalue weighted by molar-refractivity contribution is 8.00. The van der Waals surface area contributed by atoms with Crippen LogP contribution in [0.3, 0.4) is 0 Å². The van der Waals surface area contributed by atoms with Gasteiger partial charge in [0.2, 0.25) is 4.84 Å². The number of carbonyl (C=O) groups excluding carboxylic acids is 5. The van der Waals surface area contributed by atoms with E-state index in [9.17, 15) is 39.0 Å². The molecule has 1 aromatic rings. The van der Waals surface area contributed by atoms with Crippen molar-refractivity contribution >= 4 is 111 Å². The number of nitrogens with one attached hydrogen (secondary N) is 1. The molecule has 4 amide bonds. The number of oxime groups is 1. The molecule has 0 spiro atoms. The Balaban J connectivity index is 1.78. The number of rotatable bonds is 9. The fourth-order valence-electron chi connectivity index (χ4n) is 3.39. The molecule has 0 saturated carbocycles. The minimum atomic E-state index is -1.66. The lowest BCUT2D eigenvalue weighted by Crippen LogP contribution is -2.71. The highest BCUT2D eigenvalue weighted by Crippen LogP contribution is 2.40. The second-order valence-electron chi connectivity index (χ2n) is 7.79. The van der Waals surface area contributed by atoms with Gasteiger partial charge in [-0.1, -0.05) is 63.7 Å². The SMILES string of the molecule is O=C(O)C1=C(COC(=O)N(Cl)C(=O)C(Cl)Cl)CS[C@H]2C(NC(=O)C(=NOC(=O)C(Cl)Cl)c3cccc(O)c3)C(=O)N12. The van der Waals surface area contributed by atoms with Gasteiger partial charge in [-0.25, -0.2) is 14.4 Å². The van der Waals surface area contributed by atoms with Crippen LogP contribution in [0.2, 0.25) is 0 Å². The van der Waals surface area contributed by atoms with Crippen molar-refractivity contribution in [3.05, 3.63) is 41.1 Å². The second-order valence-corrected chi connectivity index (χ2v) is 11.4. The lowest BCUT2D eigenvalue weighted by Gasteiger charge is -2.49. The zero-order valence-corrected chi connectivity index (χ0v) is 24.4. The van der Waals surface area contributed by atoms with Gasteiger partial charge in [-0.2, -0.15) is 4.42 Å². The van der Waals surface area contributed by atoms with Crippen LogP contribution >= 0.6 is 69.9 Å². The Morgan fingerprint density at radius 2 is 1.85 bits per heavy atom. The molecule has 3 rings (SSSR count). The van der Waals surface area contributed by atoms with Crippen LogP contribution in [0, 0.1) is 0 Å². The molecule has 20 heteroatoms. The second kappa shape index (κ2) is 13.8. The lowest BCUT2D eigenvalue weighted by molar-refractivity contribution is -0.150. The van der Waals surface area contributed by atoms with E-state index in [1.807, 2.05) is 0 Å². The third kappa shape index (κ3) is 7.47. The smallest absolute Gasteiger partial charge is 0.432 e. The highest BCUT2D eigenvalue weighted by atomic mass is 35.5. The summed E-state index contributed by atoms with van der Waals surface area (Å²) in [5.74, 6) is -6.13. The number of carboxylic acids is 1. The van der Waals surface area contributed by atoms with E-state index in [2.05, 4.69) is 15.3 Å². The summed E-state index contributed by atoms with van der Waals surface area (Å²) in [7, 11) is 0. The van der Waals surface area contributed by atoms with E-state index in [1.165, 1.54) is 18.2 Å². The van der Waals surface area contributed by atoms with E-state index >= 15 is 0 Å². The van der Waals surface area contributed by atoms with Gasteiger partial charge in [0, 0.05) is 28.7 Å². The van der Waals surface area contributed by atoms with Gasteiger partial charge in [0.25, 0.3) is 17.7 Å². The Labute approximate surface area is 259 Å². The van der Waals surface area contributed by atoms with Crippen molar-refractivity contribution in [1.82, 2.24) is 14.6 Å². The Hall–Kier alpha value is -2.95. The van der Waals surface area contributed by atoms with Crippen LogP contribution in [-0.4, -0.2) is 94.4 Å². The van der Waals surface area contributed by atoms with Gasteiger partial charge in [0.15, 0.2) is 10.5 Å². The topological polar surface area (TPSA) is 192 Å². The summed E-state index contributed by atoms with van der Waals surface area (Å²) in [5, 5.41) is 24.5. The predicted octanol–water partition coefficient (Wildman–Crippen LogP) is 2.10. The fraction of sp³-hybridized carbons (Fsp3) is 0.286. The number of β-lactam (4-membered cyclic amide) rings is 1. The van der Waals surface area contributed by atoms with Crippen molar-refractivity contribution < 1.29 is 48.6 Å². The number of aliphatic carboxylic acids is 1. The third-order valence-electron chi connectivity index (χ3n) is 5.19. The number of imide groups is 1. The Kier molecular flexibility index (Phi) is 11.0. The average molecular weight is 693 g/mol. The normalized spacial score (nSPS) is 18.5. The number of hydrogen-bond acceptors (Lipinski definition) is 11. The van der Waals surface area contributed by atoms with Crippen LogP contribution in [0.4, 0.5) is 4.79 Å². The number of ether oxygens (including phenoxy) is 1. The van der Waals surface area contributed by atoms with Gasteiger partial charge in [0.1, 0.15) is 29.5 Å². The monoisotopic (exact) mass is 690 g/mol. The molecule has 3 N–H and O–H groups in total. The van der Waals surface area contributed by atoms with E-state index in [-0.39, 0.29) is 27.1 Å². The Morgan fingerprint density at radius 1 is 1.17 bits per heavy atom. The van der Waals surface area contributed by atoms with Crippen LogP contribution in [0.1, 0.15) is 5.56 Å². The zero-order valence-electron chi connectivity index (χ0n) is 19.8. The third-order valence-corrected chi connectivity index (χ3v) is 7.56. The first-order valence-electron chi connectivity index (χ1n) is 10.8. The number of halogens is 5. The summed E-state index contributed by atoms with van der Waals surface area (Å²) < 4.78 is 4.84. The quantitative estimate of drug-likeness (QED) is 0.0858. The first kappa shape index (κ1) is 32.6. The van der Waals surface area contributed by atoms with Gasteiger partial charge < -0.3 is 25.1 Å². The number of nitrogens with zero attached hydrogens (tertiary/aromatic N) is 3. The van der Waals surface area contributed by atoms with Crippen LogP contribution in [0.25, 0.3) is 0 Å². The largest absolute Gasteiger partial charge is 0.508 e. The standard InChI is InChI=1S/C21H15Cl5N4O10S/c22-13(23)17(34)30(26)21(38)39-5-8-6-41-18-11(16(33)29(18)12(8)19(35)36)27-15(32)10(28-40-20(37)14(24)25)7-2-1-3-9(31)4-7/h1-4,11,13-14,18,31H,5-6H2,(H,27,32)(H,35,36)/t11?,18-/m0/s1. The van der Waals surface area contributed by atoms with Crippen molar-refractivity contribution in [3.8, 4) is 5.75 Å². The molecular weight excluding hydrogens is 678 g/mol. The molecule has 2 aliphatic heterocycles. The van der Waals surface area contributed by atoms with Gasteiger partial charge >= 0.3 is 18.0 Å². The molecule has 220 valence electrons. The molecule has 0 radical (unpaired) electrons. The Morgan fingerprint density at radius 3 is 2.44 bits per heavy atom. The summed E-state index contributed by atoms with van der Waals surface area (Å²) in [5.41, 5.74) is -1.06. The number of fused-ring (bicyclic) bond motifs is 1. The number of amides is 4. The number of phenols is 1. The van der Waals surface area contributed by atoms with Gasteiger partial charge in [-0.3, -0.25) is 19.3 Å². The molecular formula is C21H15Cl5N4O10S. The van der Waals surface area contributed by atoms with Crippen molar-refractivity contribution in [2.24, 2.45) is 5.16 Å². The van der Waals surface area contributed by atoms with Crippen molar-refractivity contribution in [2.75, 3.05) is 12.4 Å². The van der Waals surface area contributed by atoms with Crippen LogP contribution in [0.15, 0.2) is 40.7 Å². The summed E-state index contributed by atoms with van der Waals surface area (Å²) in [6.07, 6.45) is -1.39. The molecule has 2 atom stereocenters. The first-order valence-corrected chi connectivity index (χ1v) is 13.9. The summed E-state index contributed by atoms with van der Waals surface area (Å²) in [6, 6.07) is 3.90. The molecule has 0 aromatic heterocycles. The van der Waals surface area contributed by atoms with Gasteiger partial charge in [-0.05, 0) is 12.1 Å². The molecule has 1 fully saturated rings. The molecule has 2 heterocycles. The van der Waals surface area contributed by atoms with E-state index in [1.54, 1.807) is 0 Å². The maximum atomic E-state index is 13.1. The van der Waals surface area contributed by atoms with Crippen LogP contribution < -0.4 is 5.32 Å². The maximum Gasteiger partial charge on any atom is 0.432 e.